The maximum atomic E-state index is 12.3. The number of nitrogens with zero attached hydrogens (tertiary/aromatic N) is 4. The van der Waals surface area contributed by atoms with E-state index in [1.165, 1.54) is 38.4 Å². The van der Waals surface area contributed by atoms with Gasteiger partial charge in [0.25, 0.3) is 22.7 Å². The van der Waals surface area contributed by atoms with Gasteiger partial charge >= 0.3 is 11.9 Å². The van der Waals surface area contributed by atoms with Gasteiger partial charge in [0.2, 0.25) is 0 Å². The first-order valence-electron chi connectivity index (χ1n) is 15.2. The van der Waals surface area contributed by atoms with Crippen molar-refractivity contribution in [3.63, 3.8) is 0 Å². The number of nitro groups is 4. The van der Waals surface area contributed by atoms with Gasteiger partial charge in [-0.25, -0.2) is 0 Å². The van der Waals surface area contributed by atoms with Gasteiger partial charge in [-0.2, -0.15) is 0 Å². The summed E-state index contributed by atoms with van der Waals surface area (Å²) in [5.41, 5.74) is -3.68. The molecule has 0 spiro atoms. The summed E-state index contributed by atoms with van der Waals surface area (Å²) >= 11 is 0. The number of rotatable bonds is 12. The number of anilines is 12. The molecule has 0 fully saturated rings. The summed E-state index contributed by atoms with van der Waals surface area (Å²) in [4.78, 5) is 68.6. The topological polar surface area (TPSA) is 343 Å². The van der Waals surface area contributed by atoms with E-state index < -0.39 is 67.5 Å². The lowest BCUT2D eigenvalue weighted by Gasteiger charge is -2.22. The first-order chi connectivity index (χ1) is 25.6. The van der Waals surface area contributed by atoms with Crippen LogP contribution in [0.1, 0.15) is 0 Å². The molecule has 0 unspecified atom stereocenters. The lowest BCUT2D eigenvalue weighted by Crippen LogP contribution is -2.16. The minimum atomic E-state index is -1.34. The molecule has 0 atom stereocenters. The van der Waals surface area contributed by atoms with Gasteiger partial charge in [0.1, 0.15) is 35.8 Å². The van der Waals surface area contributed by atoms with Gasteiger partial charge in [-0.3, -0.25) is 50.0 Å². The third kappa shape index (κ3) is 7.75. The highest BCUT2D eigenvalue weighted by Crippen LogP contribution is 2.46. The zero-order valence-electron chi connectivity index (χ0n) is 27.8. The van der Waals surface area contributed by atoms with Gasteiger partial charge in [0.15, 0.2) is 0 Å². The molecule has 54 heavy (non-hydrogen) atoms. The number of aliphatic carboxylic acids is 2. The van der Waals surface area contributed by atoms with E-state index in [-0.39, 0.29) is 56.9 Å². The smallest absolute Gasteiger partial charge is 0.322 e. The van der Waals surface area contributed by atoms with Gasteiger partial charge in [0.05, 0.1) is 77.3 Å². The number of carboxylic acid groups (broad SMARTS) is 2. The average molecular weight is 749 g/mol. The number of carbonyl (C=O) groups is 2. The number of carboxylic acids is 2. The largest absolute Gasteiger partial charge is 0.480 e. The van der Waals surface area contributed by atoms with Crippen LogP contribution in [0.5, 0.6) is 0 Å². The number of benzene rings is 4. The van der Waals surface area contributed by atoms with E-state index in [1.54, 1.807) is 0 Å². The number of hydrogen-bond donors (Lipinski definition) is 10. The molecule has 0 saturated carbocycles. The molecule has 0 radical (unpaired) electrons. The van der Waals surface area contributed by atoms with Crippen molar-refractivity contribution in [1.29, 1.82) is 0 Å². The Morgan fingerprint density at radius 1 is 0.481 bits per heavy atom. The molecule has 1 heterocycles. The highest BCUT2D eigenvalue weighted by atomic mass is 16.6. The van der Waals surface area contributed by atoms with Crippen molar-refractivity contribution in [1.82, 2.24) is 0 Å². The first kappa shape index (κ1) is 37.1. The second kappa shape index (κ2) is 15.0. The normalized spacial score (nSPS) is 11.3. The van der Waals surface area contributed by atoms with Gasteiger partial charge < -0.3 is 52.7 Å². The molecule has 4 aromatic rings. The minimum Gasteiger partial charge on any atom is -0.480 e. The van der Waals surface area contributed by atoms with E-state index in [0.29, 0.717) is 23.5 Å². The molecule has 0 amide bonds. The van der Waals surface area contributed by atoms with Crippen LogP contribution in [0.15, 0.2) is 48.5 Å². The molecule has 0 aromatic heterocycles. The van der Waals surface area contributed by atoms with Gasteiger partial charge in [-0.1, -0.05) is 0 Å². The summed E-state index contributed by atoms with van der Waals surface area (Å²) in [7, 11) is 3.07. The Morgan fingerprint density at radius 3 is 1.00 bits per heavy atom. The molecule has 280 valence electrons. The molecule has 4 aromatic carbocycles. The highest BCUT2D eigenvalue weighted by Gasteiger charge is 2.29. The van der Waals surface area contributed by atoms with Crippen LogP contribution in [0.25, 0.3) is 0 Å². The molecule has 1 aliphatic rings. The summed E-state index contributed by atoms with van der Waals surface area (Å²) in [6.45, 7) is -1.43. The summed E-state index contributed by atoms with van der Waals surface area (Å²) in [5.74, 6) is -2.67. The van der Waals surface area contributed by atoms with E-state index in [4.69, 9.17) is 0 Å². The van der Waals surface area contributed by atoms with Crippen LogP contribution >= 0.6 is 0 Å². The minimum absolute atomic E-state index is 0.0792. The fraction of sp³-hybridized carbons (Fsp3) is 0.133. The highest BCUT2D eigenvalue weighted by molar-refractivity contribution is 5.96. The Labute approximate surface area is 301 Å². The molecule has 0 aliphatic carbocycles. The Balaban J connectivity index is 1.91. The van der Waals surface area contributed by atoms with Crippen molar-refractivity contribution in [3.8, 4) is 0 Å². The zero-order valence-corrected chi connectivity index (χ0v) is 27.8. The Morgan fingerprint density at radius 2 is 0.741 bits per heavy atom. The van der Waals surface area contributed by atoms with Crippen molar-refractivity contribution < 1.29 is 39.5 Å². The molecule has 1 aliphatic heterocycles. The van der Waals surface area contributed by atoms with E-state index >= 15 is 0 Å². The second-order valence-corrected chi connectivity index (χ2v) is 11.2. The number of hydrogen-bond acceptors (Lipinski definition) is 18. The Bertz CT molecular complexity index is 2120. The third-order valence-electron chi connectivity index (χ3n) is 7.81. The van der Waals surface area contributed by atoms with Crippen LogP contribution in [-0.2, 0) is 9.59 Å². The van der Waals surface area contributed by atoms with Crippen molar-refractivity contribution in [2.24, 2.45) is 0 Å². The number of nitrogens with one attached hydrogen (secondary N) is 8. The predicted octanol–water partition coefficient (Wildman–Crippen LogP) is 5.68. The maximum absolute atomic E-state index is 12.3. The molecule has 0 saturated heterocycles. The number of nitro benzene ring substituents is 4. The predicted molar refractivity (Wildman–Crippen MR) is 197 cm³/mol. The quantitative estimate of drug-likeness (QED) is 0.0541. The van der Waals surface area contributed by atoms with E-state index in [1.807, 2.05) is 0 Å². The van der Waals surface area contributed by atoms with Crippen LogP contribution in [0.3, 0.4) is 0 Å². The summed E-state index contributed by atoms with van der Waals surface area (Å²) in [6.07, 6.45) is 0. The van der Waals surface area contributed by atoms with Crippen LogP contribution in [0.2, 0.25) is 0 Å². The number of fused-ring (bicyclic) bond motifs is 8. The molecular weight excluding hydrogens is 720 g/mol. The summed E-state index contributed by atoms with van der Waals surface area (Å²) in [6, 6.07) is 8.84. The Hall–Kier alpha value is -8.18. The Kier molecular flexibility index (Phi) is 10.3. The molecule has 8 bridgehead atoms. The second-order valence-electron chi connectivity index (χ2n) is 11.2. The monoisotopic (exact) mass is 748 g/mol. The first-order valence-corrected chi connectivity index (χ1v) is 15.2. The van der Waals surface area contributed by atoms with Crippen LogP contribution in [0, 0.1) is 40.5 Å². The van der Waals surface area contributed by atoms with Crippen LogP contribution in [0.4, 0.5) is 91.0 Å². The van der Waals surface area contributed by atoms with E-state index in [2.05, 4.69) is 42.5 Å². The van der Waals surface area contributed by atoms with Crippen molar-refractivity contribution >= 4 is 103 Å². The maximum Gasteiger partial charge on any atom is 0.322 e. The van der Waals surface area contributed by atoms with Gasteiger partial charge in [0, 0.05) is 14.1 Å². The molecule has 10 N–H and O–H groups in total. The fourth-order valence-electron chi connectivity index (χ4n) is 5.40. The standard InChI is InChI=1S/C30H28N12O12/c1-31-13-3-14(32-2)18-5-17(13)35-21-7-23(27(41(51)52)9-25(21)39(47)48)37-19-6-20(16(34-12-30(45)46)4-15(19)33-11-29(43)44)38-24-8-22(36-18)26(40(49)50)10-28(24)42(53)54/h3-10,31-38H,11-12H2,1-2H3,(H,43,44)(H,45,46). The lowest BCUT2D eigenvalue weighted by atomic mass is 10.1. The molecule has 5 rings (SSSR count). The summed E-state index contributed by atoms with van der Waals surface area (Å²) < 4.78 is 0. The van der Waals surface area contributed by atoms with E-state index in [9.17, 15) is 60.3 Å². The van der Waals surface area contributed by atoms with Crippen molar-refractivity contribution in [2.75, 3.05) is 69.7 Å². The third-order valence-corrected chi connectivity index (χ3v) is 7.81. The zero-order chi connectivity index (χ0) is 39.4. The van der Waals surface area contributed by atoms with Gasteiger partial charge in [-0.15, -0.1) is 0 Å². The van der Waals surface area contributed by atoms with Crippen LogP contribution in [-0.4, -0.2) is 69.0 Å². The lowest BCUT2D eigenvalue weighted by molar-refractivity contribution is -0.393. The SMILES string of the molecule is CNc1cc(NC)c2cc1Nc1cc(c([N+](=O)[O-])cc1[N+](=O)[O-])Nc1cc(c(NCC(=O)O)cc1NCC(=O)O)Nc1cc(c([N+](=O)[O-])cc1[N+](=O)[O-])N2. The van der Waals surface area contributed by atoms with Crippen molar-refractivity contribution in [3.05, 3.63) is 89.0 Å². The fourth-order valence-corrected chi connectivity index (χ4v) is 5.40. The van der Waals surface area contributed by atoms with E-state index in [0.717, 1.165) is 12.1 Å². The average Bonchev–Trinajstić information content (AvgIpc) is 3.10. The van der Waals surface area contributed by atoms with Crippen LogP contribution < -0.4 is 42.5 Å². The van der Waals surface area contributed by atoms with Gasteiger partial charge in [-0.05, 0) is 36.4 Å². The van der Waals surface area contributed by atoms with Crippen molar-refractivity contribution in [2.45, 2.75) is 0 Å². The summed E-state index contributed by atoms with van der Waals surface area (Å²) in [5, 5.41) is 90.2. The molecule has 24 nitrogen and oxygen atoms in total. The molecule has 24 heteroatoms. The molecular formula is C30H28N12O12.